The van der Waals surface area contributed by atoms with Crippen molar-refractivity contribution in [2.45, 2.75) is 51.4 Å². The summed E-state index contributed by atoms with van der Waals surface area (Å²) in [6.45, 7) is 1.46. The molecule has 5 heteroatoms. The van der Waals surface area contributed by atoms with Crippen molar-refractivity contribution < 1.29 is 19.1 Å². The Morgan fingerprint density at radius 1 is 1.05 bits per heavy atom. The quantitative estimate of drug-likeness (QED) is 0.510. The maximum Gasteiger partial charge on any atom is 0.307 e. The molecule has 0 aromatic carbocycles. The third kappa shape index (κ3) is 7.46. The molecule has 1 amide bonds. The Hall–Kier alpha value is -1.10. The largest absolute Gasteiger partial charge is 0.469 e. The van der Waals surface area contributed by atoms with Crippen LogP contribution in [0.3, 0.4) is 0 Å². The minimum absolute atomic E-state index is 0.142. The molecule has 0 atom stereocenters. The Morgan fingerprint density at radius 2 is 1.71 bits per heavy atom. The van der Waals surface area contributed by atoms with Gasteiger partial charge in [0.1, 0.15) is 0 Å². The zero-order chi connectivity index (χ0) is 15.5. The zero-order valence-electron chi connectivity index (χ0n) is 13.4. The molecule has 0 spiro atoms. The molecular weight excluding hydrogens is 270 g/mol. The van der Waals surface area contributed by atoms with E-state index in [2.05, 4.69) is 4.74 Å². The van der Waals surface area contributed by atoms with Crippen molar-refractivity contribution >= 4 is 11.9 Å². The van der Waals surface area contributed by atoms with Crippen LogP contribution in [-0.4, -0.2) is 50.7 Å². The van der Waals surface area contributed by atoms with Crippen LogP contribution in [0.4, 0.5) is 0 Å². The fraction of sp³-hybridized carbons (Fsp3) is 0.875. The summed E-state index contributed by atoms with van der Waals surface area (Å²) in [5, 5.41) is 0. The highest BCUT2D eigenvalue weighted by Gasteiger charge is 2.21. The lowest BCUT2D eigenvalue weighted by atomic mass is 9.96. The molecule has 1 rings (SSSR count). The van der Waals surface area contributed by atoms with Gasteiger partial charge in [0.2, 0.25) is 5.91 Å². The summed E-state index contributed by atoms with van der Waals surface area (Å²) in [5.74, 6) is 0.366. The van der Waals surface area contributed by atoms with Gasteiger partial charge >= 0.3 is 5.97 Å². The van der Waals surface area contributed by atoms with E-state index >= 15 is 0 Å². The number of carbonyl (C=O) groups excluding carboxylic acids is 2. The molecule has 0 aromatic rings. The van der Waals surface area contributed by atoms with Crippen LogP contribution in [0.5, 0.6) is 0 Å². The molecule has 0 unspecified atom stereocenters. The van der Waals surface area contributed by atoms with Gasteiger partial charge in [0.15, 0.2) is 0 Å². The third-order valence-corrected chi connectivity index (χ3v) is 4.17. The van der Waals surface area contributed by atoms with Crippen molar-refractivity contribution in [2.75, 3.05) is 33.9 Å². The van der Waals surface area contributed by atoms with E-state index in [0.717, 1.165) is 12.8 Å². The Morgan fingerprint density at radius 3 is 2.29 bits per heavy atom. The van der Waals surface area contributed by atoms with Crippen molar-refractivity contribution in [1.82, 2.24) is 4.90 Å². The van der Waals surface area contributed by atoms with E-state index in [4.69, 9.17) is 4.74 Å². The minimum atomic E-state index is -0.278. The second-order valence-electron chi connectivity index (χ2n) is 5.76. The van der Waals surface area contributed by atoms with Crippen LogP contribution in [0.25, 0.3) is 0 Å². The lowest BCUT2D eigenvalue weighted by Gasteiger charge is -2.24. The van der Waals surface area contributed by atoms with Crippen LogP contribution >= 0.6 is 0 Å². The maximum atomic E-state index is 12.4. The van der Waals surface area contributed by atoms with Gasteiger partial charge in [-0.2, -0.15) is 0 Å². The Labute approximate surface area is 128 Å². The average molecular weight is 299 g/mol. The van der Waals surface area contributed by atoms with Crippen LogP contribution in [-0.2, 0) is 19.1 Å². The molecule has 0 N–H and O–H groups in total. The van der Waals surface area contributed by atoms with Crippen molar-refractivity contribution in [3.8, 4) is 0 Å². The molecule has 0 saturated heterocycles. The number of rotatable bonds is 8. The van der Waals surface area contributed by atoms with Gasteiger partial charge in [-0.1, -0.05) is 25.7 Å². The zero-order valence-corrected chi connectivity index (χ0v) is 13.4. The van der Waals surface area contributed by atoms with Crippen molar-refractivity contribution in [3.63, 3.8) is 0 Å². The topological polar surface area (TPSA) is 55.8 Å². The molecule has 1 aliphatic rings. The molecule has 122 valence electrons. The van der Waals surface area contributed by atoms with E-state index in [1.165, 1.54) is 32.8 Å². The molecule has 21 heavy (non-hydrogen) atoms. The molecule has 0 aromatic heterocycles. The van der Waals surface area contributed by atoms with Crippen LogP contribution in [0.15, 0.2) is 0 Å². The number of esters is 1. The maximum absolute atomic E-state index is 12.4. The molecule has 0 radical (unpaired) electrons. The smallest absolute Gasteiger partial charge is 0.307 e. The number of carbonyl (C=O) groups is 2. The van der Waals surface area contributed by atoms with Gasteiger partial charge in [0.25, 0.3) is 0 Å². The molecule has 1 saturated carbocycles. The van der Waals surface area contributed by atoms with Crippen molar-refractivity contribution in [3.05, 3.63) is 0 Å². The Balaban J connectivity index is 2.46. The van der Waals surface area contributed by atoms with E-state index in [1.54, 1.807) is 12.0 Å². The first-order valence-corrected chi connectivity index (χ1v) is 8.01. The predicted molar refractivity (Wildman–Crippen MR) is 80.9 cm³/mol. The summed E-state index contributed by atoms with van der Waals surface area (Å²) in [4.78, 5) is 25.4. The van der Waals surface area contributed by atoms with Crippen LogP contribution in [0.2, 0.25) is 0 Å². The van der Waals surface area contributed by atoms with E-state index in [9.17, 15) is 9.59 Å². The summed E-state index contributed by atoms with van der Waals surface area (Å²) in [6, 6.07) is 0. The van der Waals surface area contributed by atoms with Gasteiger partial charge in [0, 0.05) is 26.6 Å². The molecule has 0 bridgehead atoms. The minimum Gasteiger partial charge on any atom is -0.469 e. The first-order chi connectivity index (χ1) is 10.2. The summed E-state index contributed by atoms with van der Waals surface area (Å²) < 4.78 is 9.70. The lowest BCUT2D eigenvalue weighted by molar-refractivity contribution is -0.142. The lowest BCUT2D eigenvalue weighted by Crippen LogP contribution is -2.36. The van der Waals surface area contributed by atoms with Gasteiger partial charge < -0.3 is 14.4 Å². The van der Waals surface area contributed by atoms with Gasteiger partial charge in [-0.25, -0.2) is 0 Å². The molecule has 0 heterocycles. The van der Waals surface area contributed by atoms with E-state index < -0.39 is 0 Å². The van der Waals surface area contributed by atoms with Crippen LogP contribution < -0.4 is 0 Å². The van der Waals surface area contributed by atoms with E-state index in [0.29, 0.717) is 32.0 Å². The van der Waals surface area contributed by atoms with Gasteiger partial charge in [-0.3, -0.25) is 9.59 Å². The Bertz CT molecular complexity index is 311. The first-order valence-electron chi connectivity index (χ1n) is 8.01. The number of methoxy groups -OCH3 is 2. The van der Waals surface area contributed by atoms with E-state index in [-0.39, 0.29) is 18.3 Å². The highest BCUT2D eigenvalue weighted by molar-refractivity contribution is 5.77. The van der Waals surface area contributed by atoms with Gasteiger partial charge in [-0.15, -0.1) is 0 Å². The third-order valence-electron chi connectivity index (χ3n) is 4.17. The van der Waals surface area contributed by atoms with Gasteiger partial charge in [-0.05, 0) is 18.8 Å². The van der Waals surface area contributed by atoms with Gasteiger partial charge in [0.05, 0.1) is 20.1 Å². The fourth-order valence-electron chi connectivity index (χ4n) is 2.84. The average Bonchev–Trinajstić information content (AvgIpc) is 2.75. The molecule has 1 fully saturated rings. The highest BCUT2D eigenvalue weighted by atomic mass is 16.5. The second-order valence-corrected chi connectivity index (χ2v) is 5.76. The SMILES string of the molecule is COCCN(CCC(=O)OC)C(=O)CC1CCCCCC1. The molecule has 0 aliphatic heterocycles. The van der Waals surface area contributed by atoms with E-state index in [1.807, 2.05) is 0 Å². The van der Waals surface area contributed by atoms with Crippen LogP contribution in [0, 0.1) is 5.92 Å². The van der Waals surface area contributed by atoms with Crippen LogP contribution in [0.1, 0.15) is 51.4 Å². The number of hydrogen-bond donors (Lipinski definition) is 0. The first kappa shape index (κ1) is 18.0. The fourth-order valence-corrected chi connectivity index (χ4v) is 2.84. The molecule has 5 nitrogen and oxygen atoms in total. The summed E-state index contributed by atoms with van der Waals surface area (Å²) in [5.41, 5.74) is 0. The monoisotopic (exact) mass is 299 g/mol. The van der Waals surface area contributed by atoms with Crippen molar-refractivity contribution in [1.29, 1.82) is 0 Å². The number of nitrogens with zero attached hydrogens (tertiary/aromatic N) is 1. The number of ether oxygens (including phenoxy) is 2. The number of amides is 1. The summed E-state index contributed by atoms with van der Waals surface area (Å²) in [6.07, 6.45) is 8.21. The van der Waals surface area contributed by atoms with Crippen molar-refractivity contribution in [2.24, 2.45) is 5.92 Å². The summed E-state index contributed by atoms with van der Waals surface area (Å²) >= 11 is 0. The molecular formula is C16H29NO4. The standard InChI is InChI=1S/C16H29NO4/c1-20-12-11-17(10-9-16(19)21-2)15(18)13-14-7-5-3-4-6-8-14/h14H,3-13H2,1-2H3. The summed E-state index contributed by atoms with van der Waals surface area (Å²) in [7, 11) is 2.99. The Kier molecular flexibility index (Phi) is 9.06. The highest BCUT2D eigenvalue weighted by Crippen LogP contribution is 2.26. The number of hydrogen-bond acceptors (Lipinski definition) is 4. The second kappa shape index (κ2) is 10.6. The predicted octanol–water partition coefficient (Wildman–Crippen LogP) is 2.38. The normalized spacial score (nSPS) is 16.3. The molecule has 1 aliphatic carbocycles.